The van der Waals surface area contributed by atoms with Crippen molar-refractivity contribution < 1.29 is 4.92 Å². The molecule has 6 nitrogen and oxygen atoms in total. The second-order valence-electron chi connectivity index (χ2n) is 5.08. The SMILES string of the molecule is CN=C(NCc1cccc([N+](=O)[O-])c1)N(C)CCc1cccs1. The van der Waals surface area contributed by atoms with Crippen LogP contribution in [0, 0.1) is 10.1 Å². The first-order valence-corrected chi connectivity index (χ1v) is 8.15. The molecule has 2 rings (SSSR count). The number of guanidine groups is 1. The Morgan fingerprint density at radius 3 is 2.87 bits per heavy atom. The van der Waals surface area contributed by atoms with Gasteiger partial charge in [0, 0.05) is 44.2 Å². The fourth-order valence-electron chi connectivity index (χ4n) is 2.18. The van der Waals surface area contributed by atoms with E-state index in [-0.39, 0.29) is 10.6 Å². The number of thiophene rings is 1. The van der Waals surface area contributed by atoms with E-state index in [4.69, 9.17) is 0 Å². The number of rotatable bonds is 6. The van der Waals surface area contributed by atoms with Gasteiger partial charge in [0.05, 0.1) is 4.92 Å². The lowest BCUT2D eigenvalue weighted by molar-refractivity contribution is -0.384. The van der Waals surface area contributed by atoms with Crippen molar-refractivity contribution in [3.05, 3.63) is 62.3 Å². The highest BCUT2D eigenvalue weighted by atomic mass is 32.1. The number of benzene rings is 1. The van der Waals surface area contributed by atoms with Crippen molar-refractivity contribution in [3.8, 4) is 0 Å². The second-order valence-corrected chi connectivity index (χ2v) is 6.11. The van der Waals surface area contributed by atoms with Gasteiger partial charge in [0.25, 0.3) is 5.69 Å². The molecule has 0 saturated carbocycles. The van der Waals surface area contributed by atoms with E-state index in [2.05, 4.69) is 32.7 Å². The van der Waals surface area contributed by atoms with Crippen LogP contribution in [0.2, 0.25) is 0 Å². The van der Waals surface area contributed by atoms with Crippen molar-refractivity contribution in [2.24, 2.45) is 4.99 Å². The molecule has 0 amide bonds. The van der Waals surface area contributed by atoms with Crippen LogP contribution in [-0.4, -0.2) is 36.4 Å². The van der Waals surface area contributed by atoms with E-state index in [0.29, 0.717) is 6.54 Å². The summed E-state index contributed by atoms with van der Waals surface area (Å²) in [5, 5.41) is 16.1. The number of non-ortho nitro benzene ring substituents is 1. The molecule has 0 atom stereocenters. The average Bonchev–Trinajstić information content (AvgIpc) is 3.07. The van der Waals surface area contributed by atoms with Gasteiger partial charge in [-0.2, -0.15) is 0 Å². The molecule has 23 heavy (non-hydrogen) atoms. The molecule has 0 fully saturated rings. The highest BCUT2D eigenvalue weighted by Gasteiger charge is 2.08. The van der Waals surface area contributed by atoms with E-state index in [1.54, 1.807) is 30.5 Å². The van der Waals surface area contributed by atoms with Crippen LogP contribution in [0.15, 0.2) is 46.8 Å². The largest absolute Gasteiger partial charge is 0.352 e. The second kappa shape index (κ2) is 8.28. The summed E-state index contributed by atoms with van der Waals surface area (Å²) in [7, 11) is 3.72. The number of nitrogens with one attached hydrogen (secondary N) is 1. The van der Waals surface area contributed by atoms with Crippen LogP contribution in [0.5, 0.6) is 0 Å². The van der Waals surface area contributed by atoms with Gasteiger partial charge in [-0.15, -0.1) is 11.3 Å². The zero-order valence-electron chi connectivity index (χ0n) is 13.2. The Kier molecular flexibility index (Phi) is 6.10. The molecule has 0 aliphatic rings. The molecule has 0 radical (unpaired) electrons. The molecule has 7 heteroatoms. The lowest BCUT2D eigenvalue weighted by Gasteiger charge is -2.21. The summed E-state index contributed by atoms with van der Waals surface area (Å²) < 4.78 is 0. The first-order chi connectivity index (χ1) is 11.1. The summed E-state index contributed by atoms with van der Waals surface area (Å²) in [6.45, 7) is 1.35. The van der Waals surface area contributed by atoms with E-state index in [0.717, 1.165) is 24.5 Å². The number of nitro groups is 1. The van der Waals surface area contributed by atoms with Crippen molar-refractivity contribution in [3.63, 3.8) is 0 Å². The molecule has 1 N–H and O–H groups in total. The highest BCUT2D eigenvalue weighted by molar-refractivity contribution is 7.09. The number of likely N-dealkylation sites (N-methyl/N-ethyl adjacent to an activating group) is 1. The summed E-state index contributed by atoms with van der Waals surface area (Å²) >= 11 is 1.75. The van der Waals surface area contributed by atoms with Crippen molar-refractivity contribution in [2.45, 2.75) is 13.0 Å². The van der Waals surface area contributed by atoms with E-state index < -0.39 is 0 Å². The van der Waals surface area contributed by atoms with Crippen LogP contribution in [0.3, 0.4) is 0 Å². The lowest BCUT2D eigenvalue weighted by atomic mass is 10.2. The highest BCUT2D eigenvalue weighted by Crippen LogP contribution is 2.13. The maximum absolute atomic E-state index is 10.8. The molecule has 0 unspecified atom stereocenters. The van der Waals surface area contributed by atoms with Crippen LogP contribution in [-0.2, 0) is 13.0 Å². The van der Waals surface area contributed by atoms with Gasteiger partial charge in [0.1, 0.15) is 0 Å². The molecule has 0 aliphatic heterocycles. The third kappa shape index (κ3) is 5.07. The van der Waals surface area contributed by atoms with E-state index in [1.165, 1.54) is 10.9 Å². The third-order valence-corrected chi connectivity index (χ3v) is 4.36. The minimum Gasteiger partial charge on any atom is -0.352 e. The quantitative estimate of drug-likeness (QED) is 0.382. The van der Waals surface area contributed by atoms with Gasteiger partial charge in [-0.25, -0.2) is 0 Å². The Hall–Kier alpha value is -2.41. The van der Waals surface area contributed by atoms with E-state index in [1.807, 2.05) is 13.1 Å². The molecule has 2 aromatic rings. The Morgan fingerprint density at radius 1 is 1.39 bits per heavy atom. The van der Waals surface area contributed by atoms with Gasteiger partial charge in [0.2, 0.25) is 0 Å². The van der Waals surface area contributed by atoms with Gasteiger partial charge in [-0.3, -0.25) is 15.1 Å². The fraction of sp³-hybridized carbons (Fsp3) is 0.312. The molecule has 0 spiro atoms. The Labute approximate surface area is 139 Å². The molecule has 0 saturated heterocycles. The van der Waals surface area contributed by atoms with Crippen LogP contribution in [0.1, 0.15) is 10.4 Å². The Morgan fingerprint density at radius 2 is 2.22 bits per heavy atom. The van der Waals surface area contributed by atoms with Crippen molar-refractivity contribution in [1.82, 2.24) is 10.2 Å². The number of nitrogens with zero attached hydrogens (tertiary/aromatic N) is 3. The summed E-state index contributed by atoms with van der Waals surface area (Å²) in [6, 6.07) is 10.8. The first kappa shape index (κ1) is 17.0. The normalized spacial score (nSPS) is 11.3. The molecule has 0 bridgehead atoms. The Balaban J connectivity index is 1.89. The van der Waals surface area contributed by atoms with E-state index in [9.17, 15) is 10.1 Å². The molecule has 1 aromatic carbocycles. The zero-order chi connectivity index (χ0) is 16.7. The maximum Gasteiger partial charge on any atom is 0.269 e. The van der Waals surface area contributed by atoms with Gasteiger partial charge in [-0.05, 0) is 23.4 Å². The standard InChI is InChI=1S/C16H20N4O2S/c1-17-16(19(2)9-8-15-7-4-10-23-15)18-12-13-5-3-6-14(11-13)20(21)22/h3-7,10-11H,8-9,12H2,1-2H3,(H,17,18). The maximum atomic E-state index is 10.8. The minimum absolute atomic E-state index is 0.102. The van der Waals surface area contributed by atoms with Gasteiger partial charge >= 0.3 is 0 Å². The molecule has 1 heterocycles. The predicted octanol–water partition coefficient (Wildman–Crippen LogP) is 2.91. The molecule has 122 valence electrons. The molecular formula is C16H20N4O2S. The summed E-state index contributed by atoms with van der Waals surface area (Å²) in [4.78, 5) is 18.1. The minimum atomic E-state index is -0.383. The molecule has 1 aromatic heterocycles. The molecular weight excluding hydrogens is 312 g/mol. The Bertz CT molecular complexity index is 670. The number of hydrogen-bond donors (Lipinski definition) is 1. The average molecular weight is 332 g/mol. The topological polar surface area (TPSA) is 70.8 Å². The van der Waals surface area contributed by atoms with E-state index >= 15 is 0 Å². The predicted molar refractivity (Wildman–Crippen MR) is 93.9 cm³/mol. The van der Waals surface area contributed by atoms with Gasteiger partial charge < -0.3 is 10.2 Å². The van der Waals surface area contributed by atoms with Crippen molar-refractivity contribution >= 4 is 23.0 Å². The zero-order valence-corrected chi connectivity index (χ0v) is 14.0. The number of nitro benzene ring substituents is 1. The summed E-state index contributed by atoms with van der Waals surface area (Å²) in [5.74, 6) is 0.771. The number of aliphatic imine (C=N–C) groups is 1. The van der Waals surface area contributed by atoms with Gasteiger partial charge in [-0.1, -0.05) is 18.2 Å². The number of hydrogen-bond acceptors (Lipinski definition) is 4. The smallest absolute Gasteiger partial charge is 0.269 e. The van der Waals surface area contributed by atoms with Crippen LogP contribution in [0.25, 0.3) is 0 Å². The molecule has 0 aliphatic carbocycles. The summed E-state index contributed by atoms with van der Waals surface area (Å²) in [6.07, 6.45) is 0.964. The first-order valence-electron chi connectivity index (χ1n) is 7.27. The monoisotopic (exact) mass is 332 g/mol. The van der Waals surface area contributed by atoms with Crippen molar-refractivity contribution in [2.75, 3.05) is 20.6 Å². The van der Waals surface area contributed by atoms with Crippen LogP contribution >= 0.6 is 11.3 Å². The lowest BCUT2D eigenvalue weighted by Crippen LogP contribution is -2.39. The third-order valence-electron chi connectivity index (χ3n) is 3.42. The van der Waals surface area contributed by atoms with Crippen molar-refractivity contribution in [1.29, 1.82) is 0 Å². The van der Waals surface area contributed by atoms with Crippen LogP contribution in [0.4, 0.5) is 5.69 Å². The fourth-order valence-corrected chi connectivity index (χ4v) is 2.88. The van der Waals surface area contributed by atoms with Gasteiger partial charge in [0.15, 0.2) is 5.96 Å². The summed E-state index contributed by atoms with van der Waals surface area (Å²) in [5.41, 5.74) is 0.956. The van der Waals surface area contributed by atoms with Crippen LogP contribution < -0.4 is 5.32 Å².